The van der Waals surface area contributed by atoms with Crippen LogP contribution in [-0.2, 0) is 6.61 Å². The monoisotopic (exact) mass is 454 g/mol. The lowest BCUT2D eigenvalue weighted by atomic mass is 9.95. The fourth-order valence-corrected chi connectivity index (χ4v) is 4.04. The number of aromatic nitrogens is 1. The normalized spacial score (nSPS) is 13.5. The second-order valence-electron chi connectivity index (χ2n) is 7.73. The molecule has 1 amide bonds. The first kappa shape index (κ1) is 22.0. The molecule has 2 aromatic carbocycles. The molecule has 168 valence electrons. The molecule has 1 unspecified atom stereocenters. The maximum absolute atomic E-state index is 13.1. The van der Waals surface area contributed by atoms with Gasteiger partial charge in [0, 0.05) is 10.9 Å². The molecule has 1 N–H and O–H groups in total. The summed E-state index contributed by atoms with van der Waals surface area (Å²) in [4.78, 5) is 17.3. The molecule has 1 atom stereocenters. The maximum Gasteiger partial charge on any atom is 0.251 e. The van der Waals surface area contributed by atoms with Crippen molar-refractivity contribution in [2.24, 2.45) is 5.92 Å². The summed E-state index contributed by atoms with van der Waals surface area (Å²) in [7, 11) is 1.55. The van der Waals surface area contributed by atoms with Crippen molar-refractivity contribution in [3.05, 3.63) is 64.1 Å². The summed E-state index contributed by atoms with van der Waals surface area (Å²) in [6, 6.07) is 10.8. The molecule has 7 nitrogen and oxygen atoms in total. The van der Waals surface area contributed by atoms with E-state index < -0.39 is 0 Å². The van der Waals surface area contributed by atoms with Crippen LogP contribution >= 0.6 is 11.3 Å². The average Bonchev–Trinajstić information content (AvgIpc) is 3.34. The molecule has 8 heteroatoms. The van der Waals surface area contributed by atoms with Gasteiger partial charge in [0.05, 0.1) is 24.4 Å². The van der Waals surface area contributed by atoms with Gasteiger partial charge in [0.15, 0.2) is 23.0 Å². The number of methoxy groups -OCH3 is 1. The first-order valence-electron chi connectivity index (χ1n) is 10.4. The lowest BCUT2D eigenvalue weighted by molar-refractivity contribution is 0.0925. The molecule has 3 aromatic rings. The number of benzene rings is 2. The number of nitrogens with one attached hydrogen (secondary N) is 1. The molecule has 1 aliphatic heterocycles. The summed E-state index contributed by atoms with van der Waals surface area (Å²) < 4.78 is 22.6. The number of thiazole rings is 1. The minimum absolute atomic E-state index is 0.170. The van der Waals surface area contributed by atoms with E-state index in [9.17, 15) is 4.79 Å². The molecule has 32 heavy (non-hydrogen) atoms. The van der Waals surface area contributed by atoms with Crippen LogP contribution in [0.1, 0.15) is 41.5 Å². The average molecular weight is 455 g/mol. The van der Waals surface area contributed by atoms with Crippen molar-refractivity contribution in [1.82, 2.24) is 10.3 Å². The van der Waals surface area contributed by atoms with E-state index in [1.54, 1.807) is 30.8 Å². The van der Waals surface area contributed by atoms with Crippen LogP contribution in [0, 0.1) is 5.92 Å². The third-order valence-corrected chi connectivity index (χ3v) is 5.80. The molecule has 0 fully saturated rings. The van der Waals surface area contributed by atoms with Crippen LogP contribution < -0.4 is 24.3 Å². The molecule has 0 saturated carbocycles. The van der Waals surface area contributed by atoms with Gasteiger partial charge < -0.3 is 24.3 Å². The summed E-state index contributed by atoms with van der Waals surface area (Å²) in [5.74, 6) is 2.47. The number of carbonyl (C=O) groups is 1. The highest BCUT2D eigenvalue weighted by Crippen LogP contribution is 2.35. The zero-order chi connectivity index (χ0) is 22.5. The maximum atomic E-state index is 13.1. The van der Waals surface area contributed by atoms with Crippen molar-refractivity contribution in [2.75, 3.05) is 20.3 Å². The molecule has 1 aliphatic rings. The Kier molecular flexibility index (Phi) is 6.80. The molecular formula is C24H26N2O5S. The van der Waals surface area contributed by atoms with Crippen molar-refractivity contribution >= 4 is 17.2 Å². The Bertz CT molecular complexity index is 1070. The predicted octanol–water partition coefficient (Wildman–Crippen LogP) is 4.63. The summed E-state index contributed by atoms with van der Waals surface area (Å²) in [5.41, 5.74) is 4.06. The summed E-state index contributed by atoms with van der Waals surface area (Å²) in [5, 5.41) is 5.07. The number of hydrogen-bond acceptors (Lipinski definition) is 7. The molecule has 0 bridgehead atoms. The number of hydrogen-bond donors (Lipinski definition) is 1. The predicted molar refractivity (Wildman–Crippen MR) is 122 cm³/mol. The minimum atomic E-state index is -0.192. The van der Waals surface area contributed by atoms with Crippen molar-refractivity contribution < 1.29 is 23.7 Å². The Balaban J connectivity index is 1.49. The number of ether oxygens (including phenoxy) is 4. The van der Waals surface area contributed by atoms with Crippen LogP contribution in [-0.4, -0.2) is 31.2 Å². The first-order chi connectivity index (χ1) is 15.5. The molecule has 0 saturated heterocycles. The van der Waals surface area contributed by atoms with Crippen LogP contribution in [0.2, 0.25) is 0 Å². The number of rotatable bonds is 8. The van der Waals surface area contributed by atoms with Gasteiger partial charge in [-0.3, -0.25) is 4.79 Å². The van der Waals surface area contributed by atoms with Gasteiger partial charge in [-0.25, -0.2) is 4.98 Å². The number of carbonyl (C=O) groups excluding carboxylic acids is 1. The van der Waals surface area contributed by atoms with Gasteiger partial charge in [0.25, 0.3) is 5.91 Å². The summed E-state index contributed by atoms with van der Waals surface area (Å²) in [6.07, 6.45) is 0. The Labute approximate surface area is 191 Å². The van der Waals surface area contributed by atoms with Gasteiger partial charge in [0.1, 0.15) is 19.8 Å². The van der Waals surface area contributed by atoms with E-state index in [1.807, 2.05) is 23.6 Å². The van der Waals surface area contributed by atoms with Crippen molar-refractivity contribution in [1.29, 1.82) is 0 Å². The van der Waals surface area contributed by atoms with E-state index in [0.29, 0.717) is 42.6 Å². The van der Waals surface area contributed by atoms with Gasteiger partial charge in [-0.2, -0.15) is 0 Å². The Morgan fingerprint density at radius 3 is 2.66 bits per heavy atom. The summed E-state index contributed by atoms with van der Waals surface area (Å²) >= 11 is 1.51. The van der Waals surface area contributed by atoms with Crippen molar-refractivity contribution in [3.8, 4) is 23.0 Å². The molecule has 2 heterocycles. The topological polar surface area (TPSA) is 78.9 Å². The number of amides is 1. The van der Waals surface area contributed by atoms with E-state index in [0.717, 1.165) is 17.0 Å². The minimum Gasteiger partial charge on any atom is -0.493 e. The molecule has 0 aliphatic carbocycles. The van der Waals surface area contributed by atoms with E-state index in [2.05, 4.69) is 24.1 Å². The van der Waals surface area contributed by atoms with Crippen LogP contribution in [0.3, 0.4) is 0 Å². The zero-order valence-corrected chi connectivity index (χ0v) is 19.1. The smallest absolute Gasteiger partial charge is 0.251 e. The first-order valence-corrected chi connectivity index (χ1v) is 11.4. The van der Waals surface area contributed by atoms with E-state index in [4.69, 9.17) is 18.9 Å². The van der Waals surface area contributed by atoms with Crippen molar-refractivity contribution in [3.63, 3.8) is 0 Å². The van der Waals surface area contributed by atoms with Crippen LogP contribution in [0.5, 0.6) is 23.0 Å². The molecule has 0 spiro atoms. The Morgan fingerprint density at radius 1 is 1.12 bits per heavy atom. The van der Waals surface area contributed by atoms with Gasteiger partial charge in [0.2, 0.25) is 0 Å². The Hall–Kier alpha value is -3.26. The highest BCUT2D eigenvalue weighted by Gasteiger charge is 2.22. The SMILES string of the molecule is COc1cc(C(=O)NC(c2ccc3c(c2)OCCO3)C(C)C)ccc1OCc1cscn1. The summed E-state index contributed by atoms with van der Waals surface area (Å²) in [6.45, 7) is 5.54. The van der Waals surface area contributed by atoms with Crippen LogP contribution in [0.25, 0.3) is 0 Å². The second-order valence-corrected chi connectivity index (χ2v) is 8.45. The van der Waals surface area contributed by atoms with Crippen LogP contribution in [0.15, 0.2) is 47.3 Å². The highest BCUT2D eigenvalue weighted by atomic mass is 32.1. The zero-order valence-electron chi connectivity index (χ0n) is 18.3. The van der Waals surface area contributed by atoms with E-state index in [1.165, 1.54) is 11.3 Å². The fourth-order valence-electron chi connectivity index (χ4n) is 3.50. The number of nitrogens with zero attached hydrogens (tertiary/aromatic N) is 1. The van der Waals surface area contributed by atoms with Crippen molar-refractivity contribution in [2.45, 2.75) is 26.5 Å². The quantitative estimate of drug-likeness (QED) is 0.535. The third-order valence-electron chi connectivity index (χ3n) is 5.16. The number of fused-ring (bicyclic) bond motifs is 1. The van der Waals surface area contributed by atoms with E-state index in [-0.39, 0.29) is 17.9 Å². The van der Waals surface area contributed by atoms with Gasteiger partial charge in [-0.05, 0) is 41.8 Å². The highest BCUT2D eigenvalue weighted by molar-refractivity contribution is 7.07. The van der Waals surface area contributed by atoms with Gasteiger partial charge in [-0.1, -0.05) is 19.9 Å². The molecule has 0 radical (unpaired) electrons. The standard InChI is InChI=1S/C24H26N2O5S/c1-15(2)23(16-4-6-20-22(10-16)30-9-8-29-20)26-24(27)17-5-7-19(21(11-17)28-3)31-12-18-13-32-14-25-18/h4-7,10-11,13-15,23H,8-9,12H2,1-3H3,(H,26,27). The third kappa shape index (κ3) is 4.96. The molecule has 1 aromatic heterocycles. The lowest BCUT2D eigenvalue weighted by Crippen LogP contribution is -2.32. The van der Waals surface area contributed by atoms with Gasteiger partial charge in [-0.15, -0.1) is 11.3 Å². The lowest BCUT2D eigenvalue weighted by Gasteiger charge is -2.25. The van der Waals surface area contributed by atoms with E-state index >= 15 is 0 Å². The van der Waals surface area contributed by atoms with Gasteiger partial charge >= 0.3 is 0 Å². The second kappa shape index (κ2) is 9.91. The Morgan fingerprint density at radius 2 is 1.94 bits per heavy atom. The fraction of sp³-hybridized carbons (Fsp3) is 0.333. The largest absolute Gasteiger partial charge is 0.493 e. The molecular weight excluding hydrogens is 428 g/mol. The van der Waals surface area contributed by atoms with Crippen LogP contribution in [0.4, 0.5) is 0 Å². The molecule has 4 rings (SSSR count).